The van der Waals surface area contributed by atoms with E-state index in [1.807, 2.05) is 13.8 Å². The standard InChI is InChI=1S/C17H21N3O3/c1-3-22-13-9-14(17(13)7-4-8-17)23-16(21)12-5-6-15-19-18-11(2)20(15)10-12/h5-6,10,13-14H,3-4,7-9H2,1-2H3. The molecule has 2 aromatic heterocycles. The normalized spacial score (nSPS) is 25.1. The smallest absolute Gasteiger partial charge is 0.339 e. The average molecular weight is 315 g/mol. The molecule has 1 spiro atoms. The van der Waals surface area contributed by atoms with Gasteiger partial charge in [-0.15, -0.1) is 10.2 Å². The molecule has 0 N–H and O–H groups in total. The van der Waals surface area contributed by atoms with E-state index in [2.05, 4.69) is 10.2 Å². The van der Waals surface area contributed by atoms with Crippen LogP contribution in [0.25, 0.3) is 5.65 Å². The maximum absolute atomic E-state index is 12.5. The van der Waals surface area contributed by atoms with Crippen LogP contribution < -0.4 is 0 Å². The first-order valence-electron chi connectivity index (χ1n) is 8.28. The third kappa shape index (κ3) is 2.16. The van der Waals surface area contributed by atoms with Crippen molar-refractivity contribution in [2.75, 3.05) is 6.61 Å². The maximum atomic E-state index is 12.5. The van der Waals surface area contributed by atoms with Crippen LogP contribution in [0.15, 0.2) is 18.3 Å². The van der Waals surface area contributed by atoms with Gasteiger partial charge in [-0.25, -0.2) is 4.79 Å². The van der Waals surface area contributed by atoms with Crippen LogP contribution in [0.5, 0.6) is 0 Å². The van der Waals surface area contributed by atoms with Crippen LogP contribution in [0.1, 0.15) is 48.8 Å². The zero-order valence-electron chi connectivity index (χ0n) is 13.5. The highest BCUT2D eigenvalue weighted by molar-refractivity contribution is 5.89. The molecule has 2 fully saturated rings. The van der Waals surface area contributed by atoms with Crippen molar-refractivity contribution in [2.45, 2.75) is 51.7 Å². The molecule has 122 valence electrons. The Morgan fingerprint density at radius 3 is 2.87 bits per heavy atom. The van der Waals surface area contributed by atoms with Gasteiger partial charge in [0, 0.05) is 24.6 Å². The third-order valence-corrected chi connectivity index (χ3v) is 5.42. The molecule has 2 aromatic rings. The van der Waals surface area contributed by atoms with Crippen molar-refractivity contribution in [1.82, 2.24) is 14.6 Å². The SMILES string of the molecule is CCOC1CC(OC(=O)c2ccc3nnc(C)n3c2)C12CCC2. The van der Waals surface area contributed by atoms with E-state index >= 15 is 0 Å². The molecule has 0 amide bonds. The highest BCUT2D eigenvalue weighted by Gasteiger charge is 2.61. The molecule has 0 bridgehead atoms. The Labute approximate surface area is 134 Å². The molecule has 4 rings (SSSR count). The fraction of sp³-hybridized carbons (Fsp3) is 0.588. The van der Waals surface area contributed by atoms with E-state index in [1.54, 1.807) is 22.7 Å². The van der Waals surface area contributed by atoms with Crippen molar-refractivity contribution >= 4 is 11.6 Å². The van der Waals surface area contributed by atoms with E-state index < -0.39 is 0 Å². The minimum Gasteiger partial charge on any atom is -0.458 e. The lowest BCUT2D eigenvalue weighted by Gasteiger charge is -2.59. The van der Waals surface area contributed by atoms with Crippen LogP contribution in [0, 0.1) is 12.3 Å². The van der Waals surface area contributed by atoms with Crippen molar-refractivity contribution < 1.29 is 14.3 Å². The van der Waals surface area contributed by atoms with Crippen molar-refractivity contribution in [2.24, 2.45) is 5.41 Å². The Hall–Kier alpha value is -1.95. The first kappa shape index (κ1) is 14.6. The molecule has 0 aliphatic heterocycles. The summed E-state index contributed by atoms with van der Waals surface area (Å²) in [4.78, 5) is 12.5. The van der Waals surface area contributed by atoms with E-state index in [0.29, 0.717) is 5.56 Å². The third-order valence-electron chi connectivity index (χ3n) is 5.42. The van der Waals surface area contributed by atoms with E-state index in [9.17, 15) is 4.79 Å². The van der Waals surface area contributed by atoms with E-state index in [-0.39, 0.29) is 23.6 Å². The minimum absolute atomic E-state index is 0.0157. The molecule has 6 heteroatoms. The van der Waals surface area contributed by atoms with Gasteiger partial charge >= 0.3 is 5.97 Å². The van der Waals surface area contributed by atoms with Gasteiger partial charge in [0.1, 0.15) is 11.9 Å². The second-order valence-corrected chi connectivity index (χ2v) is 6.55. The summed E-state index contributed by atoms with van der Waals surface area (Å²) in [7, 11) is 0. The highest BCUT2D eigenvalue weighted by Crippen LogP contribution is 2.58. The van der Waals surface area contributed by atoms with Gasteiger partial charge in [-0.05, 0) is 38.8 Å². The zero-order valence-corrected chi connectivity index (χ0v) is 13.5. The number of carbonyl (C=O) groups is 1. The Balaban J connectivity index is 1.50. The second kappa shape index (κ2) is 5.30. The molecule has 2 aliphatic rings. The molecule has 23 heavy (non-hydrogen) atoms. The number of aryl methyl sites for hydroxylation is 1. The lowest BCUT2D eigenvalue weighted by atomic mass is 9.52. The summed E-state index contributed by atoms with van der Waals surface area (Å²) >= 11 is 0. The Morgan fingerprint density at radius 2 is 2.17 bits per heavy atom. The van der Waals surface area contributed by atoms with Crippen LogP contribution in [0.4, 0.5) is 0 Å². The molecular weight excluding hydrogens is 294 g/mol. The fourth-order valence-electron chi connectivity index (χ4n) is 3.86. The minimum atomic E-state index is -0.272. The Morgan fingerprint density at radius 1 is 1.35 bits per heavy atom. The number of rotatable bonds is 4. The van der Waals surface area contributed by atoms with Crippen molar-refractivity contribution in [3.63, 3.8) is 0 Å². The largest absolute Gasteiger partial charge is 0.458 e. The fourth-order valence-corrected chi connectivity index (χ4v) is 3.86. The number of hydrogen-bond donors (Lipinski definition) is 0. The van der Waals surface area contributed by atoms with Gasteiger partial charge in [0.05, 0.1) is 11.7 Å². The van der Waals surface area contributed by atoms with Gasteiger partial charge in [0.25, 0.3) is 0 Å². The quantitative estimate of drug-likeness (QED) is 0.811. The number of aromatic nitrogens is 3. The number of ether oxygens (including phenoxy) is 2. The van der Waals surface area contributed by atoms with Crippen LogP contribution in [-0.4, -0.2) is 39.4 Å². The molecule has 2 aliphatic carbocycles. The summed E-state index contributed by atoms with van der Waals surface area (Å²) in [6, 6.07) is 3.54. The summed E-state index contributed by atoms with van der Waals surface area (Å²) in [5.74, 6) is 0.483. The Kier molecular flexibility index (Phi) is 3.37. The molecule has 0 radical (unpaired) electrons. The van der Waals surface area contributed by atoms with Crippen molar-refractivity contribution in [3.05, 3.63) is 29.7 Å². The average Bonchev–Trinajstić information content (AvgIpc) is 2.85. The van der Waals surface area contributed by atoms with Crippen LogP contribution in [0.3, 0.4) is 0 Å². The number of pyridine rings is 1. The lowest BCUT2D eigenvalue weighted by molar-refractivity contribution is -0.225. The maximum Gasteiger partial charge on any atom is 0.339 e. The Bertz CT molecular complexity index is 751. The first-order valence-corrected chi connectivity index (χ1v) is 8.28. The number of hydrogen-bond acceptors (Lipinski definition) is 5. The molecule has 0 saturated heterocycles. The predicted molar refractivity (Wildman–Crippen MR) is 83.2 cm³/mol. The van der Waals surface area contributed by atoms with Gasteiger partial charge in [-0.3, -0.25) is 4.40 Å². The number of nitrogens with zero attached hydrogens (tertiary/aromatic N) is 3. The summed E-state index contributed by atoms with van der Waals surface area (Å²) in [5.41, 5.74) is 1.34. The molecular formula is C17H21N3O3. The predicted octanol–water partition coefficient (Wildman–Crippen LogP) is 2.54. The molecule has 6 nitrogen and oxygen atoms in total. The van der Waals surface area contributed by atoms with E-state index in [4.69, 9.17) is 9.47 Å². The molecule has 2 atom stereocenters. The van der Waals surface area contributed by atoms with Crippen LogP contribution >= 0.6 is 0 Å². The number of carbonyl (C=O) groups excluding carboxylic acids is 1. The highest BCUT2D eigenvalue weighted by atomic mass is 16.6. The van der Waals surface area contributed by atoms with Crippen LogP contribution in [-0.2, 0) is 9.47 Å². The van der Waals surface area contributed by atoms with Gasteiger partial charge < -0.3 is 9.47 Å². The topological polar surface area (TPSA) is 65.7 Å². The van der Waals surface area contributed by atoms with E-state index in [0.717, 1.165) is 37.3 Å². The van der Waals surface area contributed by atoms with Crippen LogP contribution in [0.2, 0.25) is 0 Å². The lowest BCUT2D eigenvalue weighted by Crippen LogP contribution is -2.63. The monoisotopic (exact) mass is 315 g/mol. The van der Waals surface area contributed by atoms with Gasteiger partial charge in [0.15, 0.2) is 5.65 Å². The summed E-state index contributed by atoms with van der Waals surface area (Å²) in [5, 5.41) is 8.03. The molecule has 0 aromatic carbocycles. The number of esters is 1. The number of fused-ring (bicyclic) bond motifs is 1. The van der Waals surface area contributed by atoms with Crippen molar-refractivity contribution in [3.8, 4) is 0 Å². The second-order valence-electron chi connectivity index (χ2n) is 6.55. The van der Waals surface area contributed by atoms with Gasteiger partial charge in [-0.1, -0.05) is 6.42 Å². The first-order chi connectivity index (χ1) is 11.1. The van der Waals surface area contributed by atoms with Gasteiger partial charge in [-0.2, -0.15) is 0 Å². The van der Waals surface area contributed by atoms with Gasteiger partial charge in [0.2, 0.25) is 0 Å². The molecule has 2 unspecified atom stereocenters. The summed E-state index contributed by atoms with van der Waals surface area (Å²) in [6.07, 6.45) is 6.19. The molecule has 2 heterocycles. The summed E-state index contributed by atoms with van der Waals surface area (Å²) < 4.78 is 13.4. The summed E-state index contributed by atoms with van der Waals surface area (Å²) in [6.45, 7) is 4.59. The zero-order chi connectivity index (χ0) is 16.0. The van der Waals surface area contributed by atoms with Crippen molar-refractivity contribution in [1.29, 1.82) is 0 Å². The molecule has 2 saturated carbocycles. The van der Waals surface area contributed by atoms with E-state index in [1.165, 1.54) is 6.42 Å².